The van der Waals surface area contributed by atoms with E-state index in [1.807, 2.05) is 6.92 Å². The first-order valence-corrected chi connectivity index (χ1v) is 4.34. The fourth-order valence-corrected chi connectivity index (χ4v) is 1.12. The topological polar surface area (TPSA) is 55.1 Å². The van der Waals surface area contributed by atoms with Crippen molar-refractivity contribution in [1.82, 2.24) is 9.55 Å². The third-order valence-corrected chi connectivity index (χ3v) is 1.84. The molecule has 1 unspecified atom stereocenters. The molecule has 1 rings (SSSR count). The Morgan fingerprint density at radius 3 is 3.08 bits per heavy atom. The van der Waals surface area contributed by atoms with Gasteiger partial charge in [-0.05, 0) is 5.92 Å². The van der Waals surface area contributed by atoms with Gasteiger partial charge in [0.15, 0.2) is 0 Å². The Hall–Kier alpha value is -0.870. The largest absolute Gasteiger partial charge is 0.396 e. The first-order chi connectivity index (χ1) is 6.13. The second-order valence-electron chi connectivity index (χ2n) is 2.99. The molecule has 1 aromatic heterocycles. The number of hydrogen-bond acceptors (Lipinski definition) is 3. The van der Waals surface area contributed by atoms with Crippen molar-refractivity contribution in [3.8, 4) is 0 Å². The van der Waals surface area contributed by atoms with E-state index in [0.717, 1.165) is 0 Å². The summed E-state index contributed by atoms with van der Waals surface area (Å²) >= 11 is 5.66. The minimum Gasteiger partial charge on any atom is -0.396 e. The van der Waals surface area contributed by atoms with Crippen LogP contribution in [0, 0.1) is 5.92 Å². The van der Waals surface area contributed by atoms with E-state index >= 15 is 0 Å². The zero-order chi connectivity index (χ0) is 9.84. The zero-order valence-electron chi connectivity index (χ0n) is 7.27. The lowest BCUT2D eigenvalue weighted by Gasteiger charge is -2.09. The third-order valence-electron chi connectivity index (χ3n) is 1.64. The van der Waals surface area contributed by atoms with Crippen LogP contribution in [0.1, 0.15) is 6.92 Å². The molecule has 1 heterocycles. The molecule has 0 bridgehead atoms. The van der Waals surface area contributed by atoms with Crippen LogP contribution in [0.5, 0.6) is 0 Å². The lowest BCUT2D eigenvalue weighted by molar-refractivity contribution is 0.221. The van der Waals surface area contributed by atoms with Crippen molar-refractivity contribution in [3.05, 3.63) is 27.9 Å². The molecular formula is C8H11ClN2O2. The van der Waals surface area contributed by atoms with Crippen LogP contribution in [0.4, 0.5) is 0 Å². The highest BCUT2D eigenvalue weighted by atomic mass is 35.5. The number of hydrogen-bond donors (Lipinski definition) is 1. The SMILES string of the molecule is CC(CO)Cn1cc(Cl)cnc1=O. The predicted molar refractivity (Wildman–Crippen MR) is 49.8 cm³/mol. The van der Waals surface area contributed by atoms with Crippen molar-refractivity contribution in [3.63, 3.8) is 0 Å². The third kappa shape index (κ3) is 2.82. The standard InChI is InChI=1S/C8H11ClN2O2/c1-6(5-12)3-11-4-7(9)2-10-8(11)13/h2,4,6,12H,3,5H2,1H3. The van der Waals surface area contributed by atoms with Crippen molar-refractivity contribution < 1.29 is 5.11 Å². The van der Waals surface area contributed by atoms with Gasteiger partial charge in [0, 0.05) is 19.3 Å². The molecule has 0 fully saturated rings. The van der Waals surface area contributed by atoms with Crippen LogP contribution in [0.15, 0.2) is 17.2 Å². The van der Waals surface area contributed by atoms with E-state index in [-0.39, 0.29) is 18.2 Å². The molecule has 5 heteroatoms. The van der Waals surface area contributed by atoms with E-state index in [1.54, 1.807) is 0 Å². The number of nitrogens with zero attached hydrogens (tertiary/aromatic N) is 2. The van der Waals surface area contributed by atoms with Gasteiger partial charge < -0.3 is 5.11 Å². The summed E-state index contributed by atoms with van der Waals surface area (Å²) in [7, 11) is 0. The minimum atomic E-state index is -0.343. The first kappa shape index (κ1) is 10.2. The summed E-state index contributed by atoms with van der Waals surface area (Å²) in [5.41, 5.74) is -0.343. The van der Waals surface area contributed by atoms with Crippen LogP contribution in [-0.2, 0) is 6.54 Å². The molecule has 1 N–H and O–H groups in total. The quantitative estimate of drug-likeness (QED) is 0.778. The highest BCUT2D eigenvalue weighted by Crippen LogP contribution is 2.03. The summed E-state index contributed by atoms with van der Waals surface area (Å²) in [6, 6.07) is 0. The number of halogens is 1. The fraction of sp³-hybridized carbons (Fsp3) is 0.500. The molecule has 13 heavy (non-hydrogen) atoms. The van der Waals surface area contributed by atoms with Crippen LogP contribution in [0.2, 0.25) is 5.02 Å². The van der Waals surface area contributed by atoms with Gasteiger partial charge in [0.25, 0.3) is 0 Å². The molecule has 0 spiro atoms. The first-order valence-electron chi connectivity index (χ1n) is 3.96. The molecule has 0 amide bonds. The maximum absolute atomic E-state index is 11.1. The Bertz CT molecular complexity index is 337. The fourth-order valence-electron chi connectivity index (χ4n) is 0.953. The van der Waals surface area contributed by atoms with Crippen molar-refractivity contribution in [2.45, 2.75) is 13.5 Å². The Balaban J connectivity index is 2.87. The van der Waals surface area contributed by atoms with Gasteiger partial charge >= 0.3 is 5.69 Å². The number of aromatic nitrogens is 2. The van der Waals surface area contributed by atoms with Gasteiger partial charge in [-0.2, -0.15) is 0 Å². The average Bonchev–Trinajstić information content (AvgIpc) is 2.11. The minimum absolute atomic E-state index is 0.0259. The van der Waals surface area contributed by atoms with Crippen LogP contribution in [-0.4, -0.2) is 21.3 Å². The summed E-state index contributed by atoms with van der Waals surface area (Å²) in [6.45, 7) is 2.31. The highest BCUT2D eigenvalue weighted by Gasteiger charge is 2.03. The van der Waals surface area contributed by atoms with Crippen molar-refractivity contribution >= 4 is 11.6 Å². The Kier molecular flexibility index (Phi) is 3.45. The van der Waals surface area contributed by atoms with E-state index in [1.165, 1.54) is 17.0 Å². The molecule has 0 radical (unpaired) electrons. The van der Waals surface area contributed by atoms with E-state index < -0.39 is 0 Å². The van der Waals surface area contributed by atoms with Crippen molar-refractivity contribution in [2.75, 3.05) is 6.61 Å². The van der Waals surface area contributed by atoms with Crippen molar-refractivity contribution in [1.29, 1.82) is 0 Å². The number of aliphatic hydroxyl groups excluding tert-OH is 1. The molecule has 0 aromatic carbocycles. The second-order valence-corrected chi connectivity index (χ2v) is 3.43. The van der Waals surface area contributed by atoms with Crippen LogP contribution < -0.4 is 5.69 Å². The summed E-state index contributed by atoms with van der Waals surface area (Å²) in [5, 5.41) is 9.21. The van der Waals surface area contributed by atoms with Gasteiger partial charge in [0.1, 0.15) is 0 Å². The molecule has 4 nitrogen and oxygen atoms in total. The van der Waals surface area contributed by atoms with Crippen molar-refractivity contribution in [2.24, 2.45) is 5.92 Å². The lowest BCUT2D eigenvalue weighted by atomic mass is 10.2. The van der Waals surface area contributed by atoms with Gasteiger partial charge in [0.05, 0.1) is 11.2 Å². The maximum Gasteiger partial charge on any atom is 0.347 e. The Labute approximate surface area is 80.8 Å². The van der Waals surface area contributed by atoms with Crippen LogP contribution in [0.3, 0.4) is 0 Å². The summed E-state index contributed by atoms with van der Waals surface area (Å²) < 4.78 is 1.39. The molecule has 0 aliphatic heterocycles. The molecule has 1 atom stereocenters. The molecule has 0 aliphatic rings. The number of rotatable bonds is 3. The van der Waals surface area contributed by atoms with Gasteiger partial charge in [0.2, 0.25) is 0 Å². The second kappa shape index (κ2) is 4.39. The molecular weight excluding hydrogens is 192 g/mol. The van der Waals surface area contributed by atoms with Gasteiger partial charge in [-0.3, -0.25) is 4.57 Å². The van der Waals surface area contributed by atoms with Gasteiger partial charge in [-0.1, -0.05) is 18.5 Å². The predicted octanol–water partition coefficient (Wildman–Crippen LogP) is 0.525. The summed E-state index contributed by atoms with van der Waals surface area (Å²) in [6.07, 6.45) is 2.83. The summed E-state index contributed by atoms with van der Waals surface area (Å²) in [5.74, 6) is 0.0259. The molecule has 0 saturated carbocycles. The average molecular weight is 203 g/mol. The smallest absolute Gasteiger partial charge is 0.347 e. The maximum atomic E-state index is 11.1. The lowest BCUT2D eigenvalue weighted by Crippen LogP contribution is -2.25. The van der Waals surface area contributed by atoms with E-state index in [9.17, 15) is 4.79 Å². The van der Waals surface area contributed by atoms with Gasteiger partial charge in [-0.15, -0.1) is 0 Å². The Morgan fingerprint density at radius 2 is 2.46 bits per heavy atom. The number of aliphatic hydroxyl groups is 1. The van der Waals surface area contributed by atoms with Gasteiger partial charge in [-0.25, -0.2) is 9.78 Å². The van der Waals surface area contributed by atoms with E-state index in [2.05, 4.69) is 4.98 Å². The molecule has 0 aliphatic carbocycles. The molecule has 0 saturated heterocycles. The monoisotopic (exact) mass is 202 g/mol. The molecule has 1 aromatic rings. The van der Waals surface area contributed by atoms with Crippen LogP contribution in [0.25, 0.3) is 0 Å². The zero-order valence-corrected chi connectivity index (χ0v) is 8.03. The summed E-state index contributed by atoms with van der Waals surface area (Å²) in [4.78, 5) is 14.7. The van der Waals surface area contributed by atoms with E-state index in [0.29, 0.717) is 11.6 Å². The normalized spacial score (nSPS) is 12.8. The highest BCUT2D eigenvalue weighted by molar-refractivity contribution is 6.30. The Morgan fingerprint density at radius 1 is 1.77 bits per heavy atom. The van der Waals surface area contributed by atoms with Crippen LogP contribution >= 0.6 is 11.6 Å². The molecule has 72 valence electrons. The van der Waals surface area contributed by atoms with E-state index in [4.69, 9.17) is 16.7 Å².